The molecule has 0 saturated carbocycles. The number of nitrogens with one attached hydrogen (secondary N) is 2. The summed E-state index contributed by atoms with van der Waals surface area (Å²) in [7, 11) is 0. The third-order valence-electron chi connectivity index (χ3n) is 8.31. The number of rotatable bonds is 11. The maximum absolute atomic E-state index is 11.7. The van der Waals surface area contributed by atoms with Gasteiger partial charge in [-0.2, -0.15) is 0 Å². The fourth-order valence-corrected chi connectivity index (χ4v) is 5.54. The maximum Gasteiger partial charge on any atom is 0.126 e. The van der Waals surface area contributed by atoms with Gasteiger partial charge in [-0.05, 0) is 37.5 Å². The minimum absolute atomic E-state index is 0.0776. The minimum Gasteiger partial charge on any atom is -0.314 e. The molecule has 1 aromatic heterocycles. The van der Waals surface area contributed by atoms with Gasteiger partial charge < -0.3 is 25.2 Å². The Morgan fingerprint density at radius 1 is 0.865 bits per heavy atom. The Morgan fingerprint density at radius 3 is 1.86 bits per heavy atom. The third kappa shape index (κ3) is 10.0. The van der Waals surface area contributed by atoms with Crippen LogP contribution < -0.4 is 10.6 Å². The fraction of sp³-hybridized carbons (Fsp3) is 0.897. The molecule has 2 rings (SSSR count). The summed E-state index contributed by atoms with van der Waals surface area (Å²) in [5, 5.41) is 16.2. The predicted octanol–water partition coefficient (Wildman–Crippen LogP) is 3.43. The number of aryl methyl sites for hydroxylation is 1. The van der Waals surface area contributed by atoms with E-state index < -0.39 is 0 Å². The zero-order valence-corrected chi connectivity index (χ0v) is 25.5. The van der Waals surface area contributed by atoms with E-state index in [1.54, 1.807) is 0 Å². The van der Waals surface area contributed by atoms with E-state index in [1.807, 2.05) is 0 Å². The average molecular weight is 520 g/mol. The first-order valence-corrected chi connectivity index (χ1v) is 14.5. The largest absolute Gasteiger partial charge is 0.314 e. The number of hydrogen-bond acceptors (Lipinski definition) is 7. The monoisotopic (exact) mass is 519 g/mol. The van der Waals surface area contributed by atoms with E-state index in [1.165, 1.54) is 0 Å². The summed E-state index contributed by atoms with van der Waals surface area (Å²) in [5.74, 6) is 0. The molecule has 0 spiro atoms. The second-order valence-electron chi connectivity index (χ2n) is 13.8. The van der Waals surface area contributed by atoms with Crippen molar-refractivity contribution in [2.75, 3.05) is 65.4 Å². The van der Waals surface area contributed by atoms with Gasteiger partial charge in [-0.3, -0.25) is 0 Å². The van der Waals surface area contributed by atoms with Crippen LogP contribution in [0.4, 0.5) is 0 Å². The number of carbonyl (C=O) groups excluding carboxylic acids is 1. The number of carbonyl (C=O) groups is 1. The van der Waals surface area contributed by atoms with Crippen molar-refractivity contribution in [3.63, 3.8) is 0 Å². The standard InChI is InChI=1S/C29H57N7O/c1-10-11-25-20-36(33-32-25)29(8,9)21-26(2,3)22-34-16-12-30-14-18-35(19-15-31-13-17-34)23-27(4,5)28(6,7)24-37/h20,24,30-31H,10-19,21-23H2,1-9H3. The molecule has 2 heterocycles. The van der Waals surface area contributed by atoms with Gasteiger partial charge >= 0.3 is 0 Å². The van der Waals surface area contributed by atoms with Crippen molar-refractivity contribution in [2.45, 2.75) is 87.1 Å². The van der Waals surface area contributed by atoms with Gasteiger partial charge in [0.2, 0.25) is 0 Å². The van der Waals surface area contributed by atoms with Crippen molar-refractivity contribution in [2.24, 2.45) is 16.2 Å². The molecule has 0 unspecified atom stereocenters. The third-order valence-corrected chi connectivity index (χ3v) is 8.31. The van der Waals surface area contributed by atoms with Gasteiger partial charge in [0.1, 0.15) is 6.29 Å². The van der Waals surface area contributed by atoms with Crippen molar-refractivity contribution in [1.29, 1.82) is 0 Å². The van der Waals surface area contributed by atoms with Crippen molar-refractivity contribution < 1.29 is 4.79 Å². The molecule has 8 heteroatoms. The summed E-state index contributed by atoms with van der Waals surface area (Å²) in [6, 6.07) is 0. The molecule has 1 aliphatic rings. The Bertz CT molecular complexity index is 801. The molecular formula is C29H57N7O. The molecule has 1 aliphatic heterocycles. The SMILES string of the molecule is CCCc1cn(C(C)(C)CC(C)(C)CN2CCNCCN(CC(C)(C)C(C)(C)C=O)CCNCC2)nn1. The van der Waals surface area contributed by atoms with E-state index in [2.05, 4.69) is 104 Å². The minimum atomic E-state index is -0.342. The van der Waals surface area contributed by atoms with Crippen molar-refractivity contribution in [1.82, 2.24) is 35.4 Å². The first-order valence-electron chi connectivity index (χ1n) is 14.5. The van der Waals surface area contributed by atoms with Gasteiger partial charge in [0.25, 0.3) is 0 Å². The topological polar surface area (TPSA) is 78.3 Å². The lowest BCUT2D eigenvalue weighted by molar-refractivity contribution is -0.120. The highest BCUT2D eigenvalue weighted by atomic mass is 16.1. The summed E-state index contributed by atoms with van der Waals surface area (Å²) < 4.78 is 2.07. The lowest BCUT2D eigenvalue weighted by Crippen LogP contribution is -2.49. The normalized spacial score (nSPS) is 18.8. The molecule has 0 aromatic carbocycles. The van der Waals surface area contributed by atoms with Gasteiger partial charge in [-0.1, -0.05) is 60.1 Å². The van der Waals surface area contributed by atoms with Gasteiger partial charge in [0, 0.05) is 77.1 Å². The number of aldehydes is 1. The molecule has 8 nitrogen and oxygen atoms in total. The highest BCUT2D eigenvalue weighted by Gasteiger charge is 2.38. The van der Waals surface area contributed by atoms with Crippen LogP contribution in [0.1, 0.15) is 80.8 Å². The summed E-state index contributed by atoms with van der Waals surface area (Å²) in [4.78, 5) is 16.8. The molecule has 0 atom stereocenters. The number of nitrogens with zero attached hydrogens (tertiary/aromatic N) is 5. The van der Waals surface area contributed by atoms with E-state index in [0.29, 0.717) is 0 Å². The Kier molecular flexibility index (Phi) is 11.7. The van der Waals surface area contributed by atoms with Crippen LogP contribution in [0.25, 0.3) is 0 Å². The van der Waals surface area contributed by atoms with Crippen molar-refractivity contribution in [3.05, 3.63) is 11.9 Å². The molecule has 2 N–H and O–H groups in total. The van der Waals surface area contributed by atoms with Crippen molar-refractivity contribution >= 4 is 6.29 Å². The van der Waals surface area contributed by atoms with Crippen LogP contribution in [0.5, 0.6) is 0 Å². The fourth-order valence-electron chi connectivity index (χ4n) is 5.54. The molecule has 37 heavy (non-hydrogen) atoms. The highest BCUT2D eigenvalue weighted by molar-refractivity contribution is 5.59. The van der Waals surface area contributed by atoms with Crippen LogP contribution in [0, 0.1) is 16.2 Å². The first-order chi connectivity index (χ1) is 17.2. The van der Waals surface area contributed by atoms with Crippen LogP contribution >= 0.6 is 0 Å². The van der Waals surface area contributed by atoms with Gasteiger partial charge in [0.15, 0.2) is 0 Å². The molecule has 214 valence electrons. The maximum atomic E-state index is 11.7. The van der Waals surface area contributed by atoms with Crippen LogP contribution in [-0.2, 0) is 16.8 Å². The number of aromatic nitrogens is 3. The van der Waals surface area contributed by atoms with E-state index in [0.717, 1.165) is 96.7 Å². The Morgan fingerprint density at radius 2 is 1.38 bits per heavy atom. The molecule has 1 fully saturated rings. The van der Waals surface area contributed by atoms with Crippen LogP contribution in [-0.4, -0.2) is 96.5 Å². The van der Waals surface area contributed by atoms with Crippen molar-refractivity contribution in [3.8, 4) is 0 Å². The molecule has 0 radical (unpaired) electrons. The zero-order chi connectivity index (χ0) is 27.7. The quantitative estimate of drug-likeness (QED) is 0.434. The van der Waals surface area contributed by atoms with E-state index in [4.69, 9.17) is 0 Å². The molecule has 1 saturated heterocycles. The van der Waals surface area contributed by atoms with E-state index in [9.17, 15) is 4.79 Å². The van der Waals surface area contributed by atoms with Gasteiger partial charge in [-0.25, -0.2) is 4.68 Å². The van der Waals surface area contributed by atoms with E-state index in [-0.39, 0.29) is 21.8 Å². The smallest absolute Gasteiger partial charge is 0.126 e. The number of hydrogen-bond donors (Lipinski definition) is 2. The second kappa shape index (κ2) is 13.6. The molecular weight excluding hydrogens is 462 g/mol. The molecule has 0 amide bonds. The summed E-state index contributed by atoms with van der Waals surface area (Å²) in [6.45, 7) is 30.0. The Hall–Kier alpha value is -1.35. The first kappa shape index (κ1) is 31.9. The zero-order valence-electron chi connectivity index (χ0n) is 25.5. The summed E-state index contributed by atoms with van der Waals surface area (Å²) in [5.41, 5.74) is 0.728. The van der Waals surface area contributed by atoms with E-state index >= 15 is 0 Å². The lowest BCUT2D eigenvalue weighted by atomic mass is 9.68. The molecule has 0 bridgehead atoms. The summed E-state index contributed by atoms with van der Waals surface area (Å²) in [6.07, 6.45) is 6.37. The van der Waals surface area contributed by atoms with Crippen LogP contribution in [0.2, 0.25) is 0 Å². The van der Waals surface area contributed by atoms with Gasteiger partial charge in [-0.15, -0.1) is 5.10 Å². The average Bonchev–Trinajstić information content (AvgIpc) is 3.26. The second-order valence-corrected chi connectivity index (χ2v) is 13.8. The predicted molar refractivity (Wildman–Crippen MR) is 154 cm³/mol. The van der Waals surface area contributed by atoms with Crippen LogP contribution in [0.15, 0.2) is 6.20 Å². The molecule has 0 aliphatic carbocycles. The Balaban J connectivity index is 1.91. The Labute approximate surface area is 227 Å². The molecule has 1 aromatic rings. The summed E-state index contributed by atoms with van der Waals surface area (Å²) >= 11 is 0. The van der Waals surface area contributed by atoms with Crippen LogP contribution in [0.3, 0.4) is 0 Å². The lowest BCUT2D eigenvalue weighted by Gasteiger charge is -2.41. The highest BCUT2D eigenvalue weighted by Crippen LogP contribution is 2.37. The van der Waals surface area contributed by atoms with Gasteiger partial charge in [0.05, 0.1) is 11.2 Å².